The first-order chi connectivity index (χ1) is 10.3. The molecule has 1 aromatic heterocycles. The van der Waals surface area contributed by atoms with Gasteiger partial charge in [-0.05, 0) is 37.3 Å². The number of benzene rings is 1. The SMILES string of the molecule is O=C(Nc1nc2c(s1)CCCC2)[C@@H]1Cc2ccccc2O1. The molecule has 1 aromatic carbocycles. The van der Waals surface area contributed by atoms with E-state index in [1.807, 2.05) is 24.3 Å². The zero-order valence-electron chi connectivity index (χ0n) is 11.6. The minimum atomic E-state index is -0.441. The summed E-state index contributed by atoms with van der Waals surface area (Å²) in [5, 5.41) is 3.63. The Balaban J connectivity index is 1.46. The monoisotopic (exact) mass is 300 g/mol. The van der Waals surface area contributed by atoms with Gasteiger partial charge in [0.05, 0.1) is 5.69 Å². The van der Waals surface area contributed by atoms with Crippen molar-refractivity contribution in [3.63, 3.8) is 0 Å². The van der Waals surface area contributed by atoms with Gasteiger partial charge in [-0.3, -0.25) is 10.1 Å². The molecule has 0 unspecified atom stereocenters. The first kappa shape index (κ1) is 12.8. The van der Waals surface area contributed by atoms with Gasteiger partial charge in [-0.1, -0.05) is 18.2 Å². The van der Waals surface area contributed by atoms with Crippen LogP contribution in [0, 0.1) is 0 Å². The summed E-state index contributed by atoms with van der Waals surface area (Å²) in [6, 6.07) is 7.81. The van der Waals surface area contributed by atoms with E-state index in [0.717, 1.165) is 29.8 Å². The molecule has 0 saturated heterocycles. The number of ether oxygens (including phenoxy) is 1. The number of hydrogen-bond acceptors (Lipinski definition) is 4. The highest BCUT2D eigenvalue weighted by Crippen LogP contribution is 2.31. The molecule has 0 saturated carbocycles. The molecule has 1 N–H and O–H groups in total. The third kappa shape index (κ3) is 2.42. The Morgan fingerprint density at radius 3 is 3.00 bits per heavy atom. The lowest BCUT2D eigenvalue weighted by molar-refractivity contribution is -0.122. The van der Waals surface area contributed by atoms with Gasteiger partial charge in [0, 0.05) is 11.3 Å². The molecule has 0 bridgehead atoms. The molecule has 0 fully saturated rings. The highest BCUT2D eigenvalue weighted by molar-refractivity contribution is 7.15. The maximum atomic E-state index is 12.3. The third-order valence-corrected chi connectivity index (χ3v) is 5.09. The van der Waals surface area contributed by atoms with Crippen LogP contribution < -0.4 is 10.1 Å². The van der Waals surface area contributed by atoms with E-state index in [2.05, 4.69) is 10.3 Å². The standard InChI is InChI=1S/C16H16N2O2S/c19-15(13-9-10-5-1-3-7-12(10)20-13)18-16-17-11-6-2-4-8-14(11)21-16/h1,3,5,7,13H,2,4,6,8-9H2,(H,17,18,19)/t13-/m0/s1. The van der Waals surface area contributed by atoms with Gasteiger partial charge in [0.15, 0.2) is 11.2 Å². The first-order valence-electron chi connectivity index (χ1n) is 7.33. The Kier molecular flexibility index (Phi) is 3.15. The lowest BCUT2D eigenvalue weighted by atomic mass is 10.0. The molecule has 4 rings (SSSR count). The molecule has 108 valence electrons. The lowest BCUT2D eigenvalue weighted by Crippen LogP contribution is -2.31. The summed E-state index contributed by atoms with van der Waals surface area (Å²) in [6.45, 7) is 0. The van der Waals surface area contributed by atoms with Crippen LogP contribution in [0.2, 0.25) is 0 Å². The predicted octanol–water partition coefficient (Wildman–Crippen LogP) is 2.96. The predicted molar refractivity (Wildman–Crippen MR) is 81.9 cm³/mol. The number of nitrogens with one attached hydrogen (secondary N) is 1. The Hall–Kier alpha value is -1.88. The van der Waals surface area contributed by atoms with Gasteiger partial charge in [0.25, 0.3) is 5.91 Å². The van der Waals surface area contributed by atoms with E-state index in [4.69, 9.17) is 4.74 Å². The number of fused-ring (bicyclic) bond motifs is 2. The Morgan fingerprint density at radius 1 is 1.29 bits per heavy atom. The van der Waals surface area contributed by atoms with Crippen molar-refractivity contribution < 1.29 is 9.53 Å². The van der Waals surface area contributed by atoms with Crippen LogP contribution in [-0.2, 0) is 24.1 Å². The van der Waals surface area contributed by atoms with Gasteiger partial charge in [0.2, 0.25) is 0 Å². The van der Waals surface area contributed by atoms with Crippen molar-refractivity contribution in [2.24, 2.45) is 0 Å². The molecule has 4 nitrogen and oxygen atoms in total. The van der Waals surface area contributed by atoms with Crippen molar-refractivity contribution in [3.8, 4) is 5.75 Å². The van der Waals surface area contributed by atoms with E-state index < -0.39 is 6.10 Å². The molecule has 0 radical (unpaired) electrons. The molecule has 1 atom stereocenters. The van der Waals surface area contributed by atoms with Crippen LogP contribution in [0.15, 0.2) is 24.3 Å². The Bertz CT molecular complexity index is 647. The maximum absolute atomic E-state index is 12.3. The van der Waals surface area contributed by atoms with Crippen LogP contribution in [-0.4, -0.2) is 17.0 Å². The highest BCUT2D eigenvalue weighted by Gasteiger charge is 2.29. The second-order valence-electron chi connectivity index (χ2n) is 5.50. The zero-order valence-corrected chi connectivity index (χ0v) is 12.4. The smallest absolute Gasteiger partial charge is 0.267 e. The number of anilines is 1. The van der Waals surface area contributed by atoms with Gasteiger partial charge in [-0.25, -0.2) is 4.98 Å². The number of aryl methyl sites for hydroxylation is 2. The van der Waals surface area contributed by atoms with Crippen molar-refractivity contribution in [2.45, 2.75) is 38.2 Å². The van der Waals surface area contributed by atoms with Crippen LogP contribution in [0.1, 0.15) is 29.0 Å². The van der Waals surface area contributed by atoms with Gasteiger partial charge < -0.3 is 4.74 Å². The second-order valence-corrected chi connectivity index (χ2v) is 6.59. The Labute approximate surface area is 127 Å². The van der Waals surface area contributed by atoms with E-state index in [1.165, 1.54) is 17.7 Å². The summed E-state index contributed by atoms with van der Waals surface area (Å²) in [5.41, 5.74) is 2.26. The minimum Gasteiger partial charge on any atom is -0.480 e. The van der Waals surface area contributed by atoms with Crippen molar-refractivity contribution in [3.05, 3.63) is 40.4 Å². The van der Waals surface area contributed by atoms with Crippen LogP contribution in [0.25, 0.3) is 0 Å². The van der Waals surface area contributed by atoms with Crippen molar-refractivity contribution in [1.82, 2.24) is 4.98 Å². The maximum Gasteiger partial charge on any atom is 0.267 e. The Morgan fingerprint density at radius 2 is 2.14 bits per heavy atom. The largest absolute Gasteiger partial charge is 0.480 e. The molecule has 2 aliphatic rings. The van der Waals surface area contributed by atoms with Crippen LogP contribution in [0.5, 0.6) is 5.75 Å². The third-order valence-electron chi connectivity index (χ3n) is 4.02. The van der Waals surface area contributed by atoms with Crippen LogP contribution in [0.3, 0.4) is 0 Å². The molecular formula is C16H16N2O2S. The van der Waals surface area contributed by atoms with Gasteiger partial charge in [0.1, 0.15) is 5.75 Å². The summed E-state index contributed by atoms with van der Waals surface area (Å²) in [7, 11) is 0. The fourth-order valence-corrected chi connectivity index (χ4v) is 3.97. The number of thiazole rings is 1. The molecular weight excluding hydrogens is 284 g/mol. The molecule has 2 aromatic rings. The summed E-state index contributed by atoms with van der Waals surface area (Å²) >= 11 is 1.61. The number of aromatic nitrogens is 1. The number of hydrogen-bond donors (Lipinski definition) is 1. The van der Waals surface area contributed by atoms with Crippen LogP contribution >= 0.6 is 11.3 Å². The second kappa shape index (κ2) is 5.15. The quantitative estimate of drug-likeness (QED) is 0.927. The van der Waals surface area contributed by atoms with Crippen molar-refractivity contribution in [1.29, 1.82) is 0 Å². The number of nitrogens with zero attached hydrogens (tertiary/aromatic N) is 1. The molecule has 1 aliphatic heterocycles. The van der Waals surface area contributed by atoms with E-state index in [-0.39, 0.29) is 5.91 Å². The topological polar surface area (TPSA) is 51.2 Å². The summed E-state index contributed by atoms with van der Waals surface area (Å²) in [5.74, 6) is 0.716. The molecule has 5 heteroatoms. The van der Waals surface area contributed by atoms with Gasteiger partial charge in [-0.2, -0.15) is 0 Å². The molecule has 0 spiro atoms. The van der Waals surface area contributed by atoms with Gasteiger partial charge >= 0.3 is 0 Å². The first-order valence-corrected chi connectivity index (χ1v) is 8.15. The molecule has 1 aliphatic carbocycles. The van der Waals surface area contributed by atoms with E-state index in [9.17, 15) is 4.79 Å². The number of carbonyl (C=O) groups excluding carboxylic acids is 1. The summed E-state index contributed by atoms with van der Waals surface area (Å²) in [4.78, 5) is 18.2. The lowest BCUT2D eigenvalue weighted by Gasteiger charge is -2.09. The molecule has 2 heterocycles. The zero-order chi connectivity index (χ0) is 14.2. The fraction of sp³-hybridized carbons (Fsp3) is 0.375. The minimum absolute atomic E-state index is 0.0997. The van der Waals surface area contributed by atoms with Crippen molar-refractivity contribution >= 4 is 22.4 Å². The van der Waals surface area contributed by atoms with Crippen LogP contribution in [0.4, 0.5) is 5.13 Å². The number of carbonyl (C=O) groups is 1. The van der Waals surface area contributed by atoms with E-state index in [0.29, 0.717) is 11.6 Å². The van der Waals surface area contributed by atoms with E-state index in [1.54, 1.807) is 11.3 Å². The average molecular weight is 300 g/mol. The number of rotatable bonds is 2. The van der Waals surface area contributed by atoms with E-state index >= 15 is 0 Å². The normalized spacial score (nSPS) is 19.5. The highest BCUT2D eigenvalue weighted by atomic mass is 32.1. The molecule has 1 amide bonds. The van der Waals surface area contributed by atoms with Crippen molar-refractivity contribution in [2.75, 3.05) is 5.32 Å². The average Bonchev–Trinajstić information content (AvgIpc) is 3.10. The summed E-state index contributed by atoms with van der Waals surface area (Å²) < 4.78 is 5.71. The number of para-hydroxylation sites is 1. The molecule has 21 heavy (non-hydrogen) atoms. The summed E-state index contributed by atoms with van der Waals surface area (Å²) in [6.07, 6.45) is 4.74. The fourth-order valence-electron chi connectivity index (χ4n) is 2.92. The van der Waals surface area contributed by atoms with Gasteiger partial charge in [-0.15, -0.1) is 11.3 Å². The number of amides is 1.